The molecule has 0 amide bonds. The van der Waals surface area contributed by atoms with Crippen LogP contribution in [0.5, 0.6) is 0 Å². The van der Waals surface area contributed by atoms with E-state index in [-0.39, 0.29) is 0 Å². The lowest BCUT2D eigenvalue weighted by Crippen LogP contribution is -1.96. The Bertz CT molecular complexity index is 2020. The van der Waals surface area contributed by atoms with E-state index in [1.165, 1.54) is 27.5 Å². The second-order valence-corrected chi connectivity index (χ2v) is 9.75. The molecule has 0 aliphatic heterocycles. The second kappa shape index (κ2) is 9.31. The Morgan fingerprint density at radius 2 is 0.974 bits per heavy atom. The maximum absolute atomic E-state index is 6.25. The fraction of sp³-hybridized carbons (Fsp3) is 0. The Balaban J connectivity index is 1.54. The van der Waals surface area contributed by atoms with Gasteiger partial charge in [0.1, 0.15) is 11.2 Å². The summed E-state index contributed by atoms with van der Waals surface area (Å²) in [6.07, 6.45) is 3.95. The Labute approximate surface area is 228 Å². The van der Waals surface area contributed by atoms with E-state index >= 15 is 0 Å². The van der Waals surface area contributed by atoms with E-state index in [0.29, 0.717) is 0 Å². The fourth-order valence-electron chi connectivity index (χ4n) is 5.95. The molecular formula is C38H26O. The standard InChI is InChI=1S/C38H26O/c1-3-28-29(4-2)37(33-18-12-20-35-38(33)32-17-10-11-19-34(32)39-35)31-16-9-8-15-30(31)36(28)27-23-21-26(22-24-27)25-13-6-5-7-14-25/h3-24H,1-2H2. The lowest BCUT2D eigenvalue weighted by atomic mass is 9.82. The Morgan fingerprint density at radius 1 is 0.436 bits per heavy atom. The first-order valence-corrected chi connectivity index (χ1v) is 13.2. The van der Waals surface area contributed by atoms with Gasteiger partial charge in [-0.15, -0.1) is 0 Å². The van der Waals surface area contributed by atoms with Crippen LogP contribution in [0.1, 0.15) is 11.1 Å². The molecule has 39 heavy (non-hydrogen) atoms. The smallest absolute Gasteiger partial charge is 0.136 e. The van der Waals surface area contributed by atoms with Crippen LogP contribution in [-0.2, 0) is 0 Å². The molecule has 0 unspecified atom stereocenters. The molecule has 0 spiro atoms. The molecule has 1 heterocycles. The quantitative estimate of drug-likeness (QED) is 0.230. The van der Waals surface area contributed by atoms with Gasteiger partial charge < -0.3 is 4.42 Å². The van der Waals surface area contributed by atoms with Crippen molar-refractivity contribution in [3.8, 4) is 33.4 Å². The molecule has 184 valence electrons. The molecule has 0 saturated carbocycles. The van der Waals surface area contributed by atoms with Gasteiger partial charge in [-0.3, -0.25) is 0 Å². The summed E-state index contributed by atoms with van der Waals surface area (Å²) in [6.45, 7) is 8.55. The summed E-state index contributed by atoms with van der Waals surface area (Å²) < 4.78 is 6.25. The van der Waals surface area contributed by atoms with Crippen molar-refractivity contribution in [3.63, 3.8) is 0 Å². The maximum atomic E-state index is 6.25. The molecule has 1 heteroatoms. The van der Waals surface area contributed by atoms with Crippen molar-refractivity contribution in [1.82, 2.24) is 0 Å². The molecular weight excluding hydrogens is 472 g/mol. The van der Waals surface area contributed by atoms with Crippen LogP contribution in [0.25, 0.3) is 78.2 Å². The number of rotatable bonds is 5. The van der Waals surface area contributed by atoms with Crippen LogP contribution in [-0.4, -0.2) is 0 Å². The predicted octanol–water partition coefficient (Wildman–Crippen LogP) is 11.0. The maximum Gasteiger partial charge on any atom is 0.136 e. The largest absolute Gasteiger partial charge is 0.456 e. The minimum absolute atomic E-state index is 0.883. The molecule has 6 aromatic carbocycles. The molecule has 0 aliphatic carbocycles. The lowest BCUT2D eigenvalue weighted by molar-refractivity contribution is 0.669. The summed E-state index contributed by atoms with van der Waals surface area (Å²) in [6, 6.07) is 42.5. The van der Waals surface area contributed by atoms with Crippen LogP contribution < -0.4 is 0 Å². The van der Waals surface area contributed by atoms with Crippen molar-refractivity contribution in [1.29, 1.82) is 0 Å². The normalized spacial score (nSPS) is 11.3. The molecule has 7 rings (SSSR count). The van der Waals surface area contributed by atoms with E-state index in [9.17, 15) is 0 Å². The molecule has 1 aromatic heterocycles. The van der Waals surface area contributed by atoms with Gasteiger partial charge in [0.15, 0.2) is 0 Å². The van der Waals surface area contributed by atoms with Crippen LogP contribution in [0.4, 0.5) is 0 Å². The summed E-state index contributed by atoms with van der Waals surface area (Å²) in [5.74, 6) is 0. The number of hydrogen-bond acceptors (Lipinski definition) is 1. The first-order valence-electron chi connectivity index (χ1n) is 13.2. The van der Waals surface area contributed by atoms with E-state index in [2.05, 4.69) is 110 Å². The summed E-state index contributed by atoms with van der Waals surface area (Å²) in [5, 5.41) is 4.60. The zero-order chi connectivity index (χ0) is 26.3. The van der Waals surface area contributed by atoms with E-state index in [4.69, 9.17) is 4.42 Å². The van der Waals surface area contributed by atoms with Gasteiger partial charge in [-0.05, 0) is 67.4 Å². The van der Waals surface area contributed by atoms with Crippen molar-refractivity contribution >= 4 is 44.9 Å². The van der Waals surface area contributed by atoms with Gasteiger partial charge in [-0.1, -0.05) is 135 Å². The van der Waals surface area contributed by atoms with Gasteiger partial charge in [0.2, 0.25) is 0 Å². The number of hydrogen-bond donors (Lipinski definition) is 0. The molecule has 7 aromatic rings. The van der Waals surface area contributed by atoms with Crippen molar-refractivity contribution < 1.29 is 4.42 Å². The highest BCUT2D eigenvalue weighted by Crippen LogP contribution is 2.46. The minimum Gasteiger partial charge on any atom is -0.456 e. The van der Waals surface area contributed by atoms with Gasteiger partial charge in [-0.25, -0.2) is 0 Å². The average Bonchev–Trinajstić information content (AvgIpc) is 3.39. The highest BCUT2D eigenvalue weighted by Gasteiger charge is 2.21. The molecule has 0 aliphatic rings. The highest BCUT2D eigenvalue weighted by molar-refractivity contribution is 6.19. The molecule has 0 atom stereocenters. The van der Waals surface area contributed by atoms with Crippen LogP contribution in [0.3, 0.4) is 0 Å². The SMILES string of the molecule is C=Cc1c(C=C)c(-c2cccc3oc4ccccc4c23)c2ccccc2c1-c1ccc(-c2ccccc2)cc1. The van der Waals surface area contributed by atoms with Crippen LogP contribution in [0, 0.1) is 0 Å². The lowest BCUT2D eigenvalue weighted by Gasteiger charge is -2.20. The molecule has 0 radical (unpaired) electrons. The van der Waals surface area contributed by atoms with Crippen LogP contribution >= 0.6 is 0 Å². The Kier molecular flexibility index (Phi) is 5.49. The Morgan fingerprint density at radius 3 is 1.69 bits per heavy atom. The van der Waals surface area contributed by atoms with Crippen molar-refractivity contribution in [2.75, 3.05) is 0 Å². The predicted molar refractivity (Wildman–Crippen MR) is 168 cm³/mol. The van der Waals surface area contributed by atoms with Crippen molar-refractivity contribution in [2.24, 2.45) is 0 Å². The van der Waals surface area contributed by atoms with Gasteiger partial charge in [0.25, 0.3) is 0 Å². The second-order valence-electron chi connectivity index (χ2n) is 9.75. The summed E-state index contributed by atoms with van der Waals surface area (Å²) in [4.78, 5) is 0. The average molecular weight is 499 g/mol. The zero-order valence-corrected chi connectivity index (χ0v) is 21.5. The van der Waals surface area contributed by atoms with Crippen LogP contribution in [0.2, 0.25) is 0 Å². The minimum atomic E-state index is 0.883. The van der Waals surface area contributed by atoms with Gasteiger partial charge in [0.05, 0.1) is 0 Å². The first kappa shape index (κ1) is 23.0. The van der Waals surface area contributed by atoms with Crippen molar-refractivity contribution in [2.45, 2.75) is 0 Å². The number of para-hydroxylation sites is 1. The summed E-state index contributed by atoms with van der Waals surface area (Å²) in [7, 11) is 0. The summed E-state index contributed by atoms with van der Waals surface area (Å²) >= 11 is 0. The van der Waals surface area contributed by atoms with E-state index in [1.807, 2.05) is 36.4 Å². The van der Waals surface area contributed by atoms with Gasteiger partial charge in [0, 0.05) is 10.8 Å². The summed E-state index contributed by atoms with van der Waals surface area (Å²) in [5.41, 5.74) is 10.9. The number of fused-ring (bicyclic) bond motifs is 4. The van der Waals surface area contributed by atoms with Gasteiger partial charge in [-0.2, -0.15) is 0 Å². The third kappa shape index (κ3) is 3.63. The topological polar surface area (TPSA) is 13.1 Å². The highest BCUT2D eigenvalue weighted by atomic mass is 16.3. The van der Waals surface area contributed by atoms with Crippen LogP contribution in [0.15, 0.2) is 139 Å². The van der Waals surface area contributed by atoms with E-state index in [1.54, 1.807) is 0 Å². The zero-order valence-electron chi connectivity index (χ0n) is 21.5. The molecule has 0 fully saturated rings. The van der Waals surface area contributed by atoms with Crippen molar-refractivity contribution in [3.05, 3.63) is 146 Å². The fourth-order valence-corrected chi connectivity index (χ4v) is 5.95. The third-order valence-corrected chi connectivity index (χ3v) is 7.66. The molecule has 0 bridgehead atoms. The Hall–Kier alpha value is -5.14. The number of benzene rings is 6. The first-order chi connectivity index (χ1) is 19.3. The van der Waals surface area contributed by atoms with Gasteiger partial charge >= 0.3 is 0 Å². The molecule has 0 saturated heterocycles. The molecule has 1 nitrogen and oxygen atoms in total. The monoisotopic (exact) mass is 498 g/mol. The molecule has 0 N–H and O–H groups in total. The number of furan rings is 1. The third-order valence-electron chi connectivity index (χ3n) is 7.66. The van der Waals surface area contributed by atoms with E-state index < -0.39 is 0 Å². The van der Waals surface area contributed by atoms with E-state index in [0.717, 1.165) is 49.8 Å².